The minimum atomic E-state index is -0.452. The van der Waals surface area contributed by atoms with Gasteiger partial charge in [0.2, 0.25) is 0 Å². The van der Waals surface area contributed by atoms with Crippen LogP contribution in [0.4, 0.5) is 0 Å². The normalized spacial score (nSPS) is 13.4. The first-order chi connectivity index (χ1) is 24.9. The highest BCUT2D eigenvalue weighted by atomic mass is 32.1. The first-order valence-electron chi connectivity index (χ1n) is 17.5. The molecule has 4 nitrogen and oxygen atoms in total. The Bertz CT molecular complexity index is 3070. The topological polar surface area (TPSA) is 43.6 Å². The maximum atomic E-state index is 8.65. The second kappa shape index (κ2) is 9.80. The Morgan fingerprint density at radius 3 is 2.15 bits per heavy atom. The molecule has 4 heterocycles. The number of hydrogen-bond acceptors (Lipinski definition) is 4. The van der Waals surface area contributed by atoms with E-state index in [0.29, 0.717) is 22.4 Å². The summed E-state index contributed by atoms with van der Waals surface area (Å²) in [5, 5.41) is 7.84. The van der Waals surface area contributed by atoms with Gasteiger partial charge in [0.1, 0.15) is 0 Å². The molecule has 214 valence electrons. The van der Waals surface area contributed by atoms with Crippen LogP contribution in [0.5, 0.6) is 0 Å². The highest BCUT2D eigenvalue weighted by Gasteiger charge is 2.21. The van der Waals surface area contributed by atoms with E-state index in [1.165, 1.54) is 41.7 Å². The fourth-order valence-corrected chi connectivity index (χ4v) is 8.05. The SMILES string of the molecule is [2H]c1c([2H])c([2H])c(-c2nc(-c3ccc(-n4c5ccccc5c5c6c7ccccc7sc6c6ccccc6c54)cc3)nc3ncccc23)c([2H])c1[2H]. The summed E-state index contributed by atoms with van der Waals surface area (Å²) in [6.07, 6.45) is 1.62. The van der Waals surface area contributed by atoms with E-state index in [1.807, 2.05) is 23.5 Å². The third-order valence-electron chi connectivity index (χ3n) is 8.74. The molecular weight excluding hydrogens is 581 g/mol. The van der Waals surface area contributed by atoms with Crippen LogP contribution in [0.15, 0.2) is 146 Å². The summed E-state index contributed by atoms with van der Waals surface area (Å²) in [4.78, 5) is 14.1. The largest absolute Gasteiger partial charge is 0.309 e. The lowest BCUT2D eigenvalue weighted by molar-refractivity contribution is 1.17. The molecule has 0 aliphatic carbocycles. The smallest absolute Gasteiger partial charge is 0.163 e. The van der Waals surface area contributed by atoms with Gasteiger partial charge in [-0.15, -0.1) is 11.3 Å². The van der Waals surface area contributed by atoms with E-state index in [1.54, 1.807) is 18.3 Å². The van der Waals surface area contributed by atoms with E-state index in [2.05, 4.69) is 94.5 Å². The van der Waals surface area contributed by atoms with Crippen LogP contribution < -0.4 is 0 Å². The average molecular weight is 610 g/mol. The minimum absolute atomic E-state index is 0.0173. The molecule has 0 atom stereocenters. The van der Waals surface area contributed by atoms with Crippen molar-refractivity contribution < 1.29 is 6.85 Å². The molecule has 10 rings (SSSR count). The van der Waals surface area contributed by atoms with Crippen LogP contribution in [0.3, 0.4) is 0 Å². The lowest BCUT2D eigenvalue weighted by Crippen LogP contribution is -1.98. The molecule has 10 aromatic rings. The molecule has 0 spiro atoms. The lowest BCUT2D eigenvalue weighted by atomic mass is 10.00. The summed E-state index contributed by atoms with van der Waals surface area (Å²) in [5.41, 5.74) is 4.55. The van der Waals surface area contributed by atoms with Gasteiger partial charge in [-0.2, -0.15) is 0 Å². The van der Waals surface area contributed by atoms with Crippen LogP contribution in [0, 0.1) is 0 Å². The van der Waals surface area contributed by atoms with E-state index >= 15 is 0 Å². The van der Waals surface area contributed by atoms with Crippen LogP contribution >= 0.6 is 11.3 Å². The zero-order chi connectivity index (χ0) is 34.5. The van der Waals surface area contributed by atoms with Crippen molar-refractivity contribution in [2.24, 2.45) is 0 Å². The van der Waals surface area contributed by atoms with Gasteiger partial charge in [-0.25, -0.2) is 15.0 Å². The Morgan fingerprint density at radius 2 is 1.30 bits per heavy atom. The second-order valence-electron chi connectivity index (χ2n) is 11.2. The van der Waals surface area contributed by atoms with Crippen molar-refractivity contribution >= 4 is 75.1 Å². The lowest BCUT2D eigenvalue weighted by Gasteiger charge is -2.12. The maximum absolute atomic E-state index is 8.65. The number of thiophene rings is 1. The number of nitrogens with zero attached hydrogens (tertiary/aromatic N) is 4. The summed E-state index contributed by atoms with van der Waals surface area (Å²) in [6.45, 7) is 0. The number of benzene rings is 6. The van der Waals surface area contributed by atoms with Crippen LogP contribution in [0.1, 0.15) is 6.85 Å². The molecule has 0 aliphatic rings. The molecule has 0 saturated heterocycles. The summed E-state index contributed by atoms with van der Waals surface area (Å²) < 4.78 is 46.8. The van der Waals surface area contributed by atoms with E-state index in [0.717, 1.165) is 16.7 Å². The van der Waals surface area contributed by atoms with Crippen LogP contribution in [0.2, 0.25) is 0 Å². The maximum Gasteiger partial charge on any atom is 0.163 e. The van der Waals surface area contributed by atoms with Gasteiger partial charge in [0.05, 0.1) is 23.6 Å². The van der Waals surface area contributed by atoms with Crippen molar-refractivity contribution in [3.63, 3.8) is 0 Å². The highest BCUT2D eigenvalue weighted by molar-refractivity contribution is 7.27. The Labute approximate surface area is 274 Å². The van der Waals surface area contributed by atoms with Crippen LogP contribution in [0.25, 0.3) is 92.1 Å². The number of fused-ring (bicyclic) bond motifs is 11. The first kappa shape index (κ1) is 20.9. The summed E-state index contributed by atoms with van der Waals surface area (Å²) in [6, 6.07) is 35.4. The summed E-state index contributed by atoms with van der Waals surface area (Å²) >= 11 is 1.84. The quantitative estimate of drug-likeness (QED) is 0.200. The monoisotopic (exact) mass is 609 g/mol. The van der Waals surface area contributed by atoms with E-state index in [9.17, 15) is 0 Å². The van der Waals surface area contributed by atoms with Crippen LogP contribution in [-0.4, -0.2) is 19.5 Å². The summed E-state index contributed by atoms with van der Waals surface area (Å²) in [5.74, 6) is 0.341. The number of hydrogen-bond donors (Lipinski definition) is 0. The molecule has 0 radical (unpaired) electrons. The Kier molecular flexibility index (Phi) is 4.46. The minimum Gasteiger partial charge on any atom is -0.309 e. The van der Waals surface area contributed by atoms with Gasteiger partial charge in [0, 0.05) is 70.1 Å². The highest BCUT2D eigenvalue weighted by Crippen LogP contribution is 2.47. The third-order valence-corrected chi connectivity index (χ3v) is 9.94. The predicted octanol–water partition coefficient (Wildman–Crippen LogP) is 11.0. The predicted molar refractivity (Wildman–Crippen MR) is 193 cm³/mol. The Morgan fingerprint density at radius 1 is 0.587 bits per heavy atom. The molecule has 4 aromatic heterocycles. The number of para-hydroxylation sites is 1. The molecule has 0 saturated carbocycles. The van der Waals surface area contributed by atoms with Gasteiger partial charge in [0.25, 0.3) is 0 Å². The molecule has 0 N–H and O–H groups in total. The molecule has 0 fully saturated rings. The van der Waals surface area contributed by atoms with Crippen molar-refractivity contribution in [3.05, 3.63) is 146 Å². The molecular formula is C41H24N4S. The standard InChI is InChI=1S/C41H24N4S/c1-2-11-25(12-3-1)37-32-17-10-24-42-41(32)44-40(43-37)26-20-22-27(23-21-26)45-33-18-8-6-15-30(33)35-36-31-16-7-9-19-34(31)46-39(36)29-14-5-4-13-28(29)38(35)45/h1-24H/i1D,2D,3D,11D,12D. The van der Waals surface area contributed by atoms with E-state index in [-0.39, 0.29) is 23.3 Å². The molecule has 6 aromatic carbocycles. The van der Waals surface area contributed by atoms with Gasteiger partial charge >= 0.3 is 0 Å². The zero-order valence-corrected chi connectivity index (χ0v) is 25.0. The van der Waals surface area contributed by atoms with Crippen molar-refractivity contribution in [1.82, 2.24) is 19.5 Å². The van der Waals surface area contributed by atoms with Crippen molar-refractivity contribution in [3.8, 4) is 28.3 Å². The molecule has 46 heavy (non-hydrogen) atoms. The van der Waals surface area contributed by atoms with Crippen molar-refractivity contribution in [2.75, 3.05) is 0 Å². The van der Waals surface area contributed by atoms with Gasteiger partial charge in [0.15, 0.2) is 11.5 Å². The molecule has 5 heteroatoms. The first-order valence-corrected chi connectivity index (χ1v) is 15.8. The van der Waals surface area contributed by atoms with Crippen molar-refractivity contribution in [1.29, 1.82) is 0 Å². The molecule has 0 amide bonds. The average Bonchev–Trinajstić information content (AvgIpc) is 3.73. The number of pyridine rings is 1. The molecule has 0 unspecified atom stereocenters. The van der Waals surface area contributed by atoms with E-state index < -0.39 is 18.1 Å². The Hall–Kier alpha value is -5.91. The Balaban J connectivity index is 1.22. The van der Waals surface area contributed by atoms with E-state index in [4.69, 9.17) is 16.8 Å². The fraction of sp³-hybridized carbons (Fsp3) is 0. The van der Waals surface area contributed by atoms with Gasteiger partial charge in [-0.05, 0) is 48.5 Å². The fourth-order valence-electron chi connectivity index (χ4n) is 6.80. The zero-order valence-electron chi connectivity index (χ0n) is 29.2. The summed E-state index contributed by atoms with van der Waals surface area (Å²) in [7, 11) is 0. The molecule has 0 aliphatic heterocycles. The van der Waals surface area contributed by atoms with Crippen LogP contribution in [-0.2, 0) is 0 Å². The van der Waals surface area contributed by atoms with Gasteiger partial charge < -0.3 is 4.57 Å². The van der Waals surface area contributed by atoms with Gasteiger partial charge in [-0.3, -0.25) is 0 Å². The number of rotatable bonds is 3. The second-order valence-corrected chi connectivity index (χ2v) is 12.3. The molecule has 0 bridgehead atoms. The third kappa shape index (κ3) is 3.63. The van der Waals surface area contributed by atoms with Crippen molar-refractivity contribution in [2.45, 2.75) is 0 Å². The van der Waals surface area contributed by atoms with Gasteiger partial charge in [-0.1, -0.05) is 90.9 Å². The number of aromatic nitrogens is 4.